The smallest absolute Gasteiger partial charge is 0.171 e. The fourth-order valence-corrected chi connectivity index (χ4v) is 1.76. The Bertz CT molecular complexity index is 478. The van der Waals surface area contributed by atoms with Crippen LogP contribution in [0, 0.1) is 0 Å². The zero-order valence-corrected chi connectivity index (χ0v) is 10.4. The highest BCUT2D eigenvalue weighted by Crippen LogP contribution is 2.23. The first-order chi connectivity index (χ1) is 6.94. The summed E-state index contributed by atoms with van der Waals surface area (Å²) >= 11 is 11.5. The van der Waals surface area contributed by atoms with E-state index in [1.807, 2.05) is 0 Å². The molecule has 82 valence electrons. The van der Waals surface area contributed by atoms with E-state index in [2.05, 4.69) is 0 Å². The fourth-order valence-electron chi connectivity index (χ4n) is 0.895. The molecular weight excluding hydrogens is 255 g/mol. The lowest BCUT2D eigenvalue weighted by molar-refractivity contribution is 0.606. The number of rotatable bonds is 3. The Morgan fingerprint density at radius 2 is 1.93 bits per heavy atom. The van der Waals surface area contributed by atoms with Crippen LogP contribution < -0.4 is 0 Å². The second-order valence-electron chi connectivity index (χ2n) is 2.93. The number of hydrogen-bond acceptors (Lipinski definition) is 2. The van der Waals surface area contributed by atoms with Crippen molar-refractivity contribution >= 4 is 39.1 Å². The number of halogens is 2. The summed E-state index contributed by atoms with van der Waals surface area (Å²) in [5, 5.41) is 2.03. The van der Waals surface area contributed by atoms with Crippen LogP contribution in [-0.4, -0.2) is 14.2 Å². The van der Waals surface area contributed by atoms with E-state index in [4.69, 9.17) is 23.2 Å². The highest BCUT2D eigenvalue weighted by Gasteiger charge is 2.01. The van der Waals surface area contributed by atoms with Gasteiger partial charge in [0.1, 0.15) is 0 Å². The monoisotopic (exact) mass is 264 g/mol. The highest BCUT2D eigenvalue weighted by molar-refractivity contribution is 7.94. The van der Waals surface area contributed by atoms with Gasteiger partial charge in [0.05, 0.1) is 15.8 Å². The zero-order chi connectivity index (χ0) is 11.5. The molecule has 0 bridgehead atoms. The minimum atomic E-state index is -3.10. The second kappa shape index (κ2) is 5.01. The van der Waals surface area contributed by atoms with Crippen molar-refractivity contribution in [3.05, 3.63) is 39.2 Å². The topological polar surface area (TPSA) is 34.1 Å². The van der Waals surface area contributed by atoms with E-state index in [-0.39, 0.29) is 5.75 Å². The normalized spacial score (nSPS) is 12.2. The van der Waals surface area contributed by atoms with Crippen molar-refractivity contribution in [1.82, 2.24) is 0 Å². The third-order valence-corrected chi connectivity index (χ3v) is 3.91. The average Bonchev–Trinajstić information content (AvgIpc) is 2.20. The summed E-state index contributed by atoms with van der Waals surface area (Å²) in [5.74, 6) is 0.0881. The summed E-state index contributed by atoms with van der Waals surface area (Å²) in [6, 6.07) is 4.95. The van der Waals surface area contributed by atoms with Crippen molar-refractivity contribution in [3.63, 3.8) is 0 Å². The summed E-state index contributed by atoms with van der Waals surface area (Å²) in [6.07, 6.45) is 1.50. The van der Waals surface area contributed by atoms with Crippen molar-refractivity contribution < 1.29 is 8.42 Å². The minimum absolute atomic E-state index is 0.0881. The number of hydrogen-bond donors (Lipinski definition) is 0. The van der Waals surface area contributed by atoms with Gasteiger partial charge >= 0.3 is 0 Å². The summed E-state index contributed by atoms with van der Waals surface area (Å²) < 4.78 is 22.4. The molecule has 0 saturated carbocycles. The second-order valence-corrected chi connectivity index (χ2v) is 5.92. The number of benzene rings is 1. The van der Waals surface area contributed by atoms with Crippen LogP contribution in [0.5, 0.6) is 0 Å². The maximum absolute atomic E-state index is 11.2. The first kappa shape index (κ1) is 12.6. The SMILES string of the molecule is CCS(=O)(=O)/C=C/c1ccc(Cl)c(Cl)c1. The third kappa shape index (κ3) is 3.86. The molecule has 0 fully saturated rings. The van der Waals surface area contributed by atoms with E-state index in [0.717, 1.165) is 0 Å². The predicted molar refractivity (Wildman–Crippen MR) is 65.0 cm³/mol. The molecule has 1 aromatic carbocycles. The first-order valence-corrected chi connectivity index (χ1v) is 6.77. The Morgan fingerprint density at radius 3 is 2.47 bits per heavy atom. The van der Waals surface area contributed by atoms with Gasteiger partial charge in [-0.1, -0.05) is 36.2 Å². The molecule has 15 heavy (non-hydrogen) atoms. The molecule has 0 spiro atoms. The Hall–Kier alpha value is -0.510. The largest absolute Gasteiger partial charge is 0.224 e. The van der Waals surface area contributed by atoms with Gasteiger partial charge in [0, 0.05) is 5.41 Å². The van der Waals surface area contributed by atoms with Crippen molar-refractivity contribution in [3.8, 4) is 0 Å². The van der Waals surface area contributed by atoms with Crippen molar-refractivity contribution in [2.75, 3.05) is 5.75 Å². The quantitative estimate of drug-likeness (QED) is 0.839. The molecule has 5 heteroatoms. The van der Waals surface area contributed by atoms with Gasteiger partial charge in [0.15, 0.2) is 9.84 Å². The summed E-state index contributed by atoms with van der Waals surface area (Å²) in [4.78, 5) is 0. The molecule has 0 aliphatic carbocycles. The molecule has 0 aliphatic rings. The molecule has 0 heterocycles. The van der Waals surface area contributed by atoms with Crippen LogP contribution in [0.25, 0.3) is 6.08 Å². The Morgan fingerprint density at radius 1 is 1.27 bits per heavy atom. The van der Waals surface area contributed by atoms with Gasteiger partial charge in [0.2, 0.25) is 0 Å². The van der Waals surface area contributed by atoms with Gasteiger partial charge in [-0.25, -0.2) is 8.42 Å². The lowest BCUT2D eigenvalue weighted by Gasteiger charge is -1.97. The van der Waals surface area contributed by atoms with Gasteiger partial charge in [-0.3, -0.25) is 0 Å². The van der Waals surface area contributed by atoms with E-state index in [1.165, 1.54) is 11.5 Å². The van der Waals surface area contributed by atoms with Crippen LogP contribution in [0.3, 0.4) is 0 Å². The lowest BCUT2D eigenvalue weighted by Crippen LogP contribution is -1.96. The molecule has 1 rings (SSSR count). The van der Waals surface area contributed by atoms with Crippen LogP contribution in [0.2, 0.25) is 10.0 Å². The lowest BCUT2D eigenvalue weighted by atomic mass is 10.2. The summed E-state index contributed by atoms with van der Waals surface area (Å²) in [7, 11) is -3.10. The Labute approximate surface area is 99.4 Å². The standard InChI is InChI=1S/C10H10Cl2O2S/c1-2-15(13,14)6-5-8-3-4-9(11)10(12)7-8/h3-7H,2H2,1H3/b6-5+. The average molecular weight is 265 g/mol. The van der Waals surface area contributed by atoms with Crippen molar-refractivity contribution in [2.24, 2.45) is 0 Å². The summed E-state index contributed by atoms with van der Waals surface area (Å²) in [5.41, 5.74) is 0.710. The molecular formula is C10H10Cl2O2S. The molecule has 0 aromatic heterocycles. The van der Waals surface area contributed by atoms with E-state index >= 15 is 0 Å². The molecule has 0 N–H and O–H groups in total. The van der Waals surface area contributed by atoms with Gasteiger partial charge in [-0.2, -0.15) is 0 Å². The van der Waals surface area contributed by atoms with Crippen LogP contribution in [0.4, 0.5) is 0 Å². The molecule has 0 atom stereocenters. The van der Waals surface area contributed by atoms with Crippen molar-refractivity contribution in [1.29, 1.82) is 0 Å². The van der Waals surface area contributed by atoms with Crippen molar-refractivity contribution in [2.45, 2.75) is 6.92 Å². The maximum Gasteiger partial charge on any atom is 0.171 e. The van der Waals surface area contributed by atoms with Gasteiger partial charge in [0.25, 0.3) is 0 Å². The minimum Gasteiger partial charge on any atom is -0.224 e. The van der Waals surface area contributed by atoms with Crippen LogP contribution in [0.15, 0.2) is 23.6 Å². The maximum atomic E-state index is 11.2. The Kier molecular flexibility index (Phi) is 4.20. The summed E-state index contributed by atoms with van der Waals surface area (Å²) in [6.45, 7) is 1.59. The van der Waals surface area contributed by atoms with E-state index < -0.39 is 9.84 Å². The van der Waals surface area contributed by atoms with Gasteiger partial charge in [-0.05, 0) is 23.8 Å². The molecule has 0 aliphatic heterocycles. The number of sulfone groups is 1. The molecule has 2 nitrogen and oxygen atoms in total. The molecule has 0 amide bonds. The molecule has 0 unspecified atom stereocenters. The van der Waals surface area contributed by atoms with Gasteiger partial charge in [-0.15, -0.1) is 0 Å². The highest BCUT2D eigenvalue weighted by atomic mass is 35.5. The third-order valence-electron chi connectivity index (χ3n) is 1.81. The Balaban J connectivity index is 2.96. The zero-order valence-electron chi connectivity index (χ0n) is 8.07. The van der Waals surface area contributed by atoms with Crippen LogP contribution in [-0.2, 0) is 9.84 Å². The van der Waals surface area contributed by atoms with E-state index in [1.54, 1.807) is 25.1 Å². The molecule has 1 aromatic rings. The predicted octanol–water partition coefficient (Wildman–Crippen LogP) is 3.40. The molecule has 0 radical (unpaired) electrons. The van der Waals surface area contributed by atoms with Gasteiger partial charge < -0.3 is 0 Å². The van der Waals surface area contributed by atoms with E-state index in [9.17, 15) is 8.42 Å². The fraction of sp³-hybridized carbons (Fsp3) is 0.200. The molecule has 0 saturated heterocycles. The van der Waals surface area contributed by atoms with E-state index in [0.29, 0.717) is 15.6 Å². The van der Waals surface area contributed by atoms with Crippen LogP contribution in [0.1, 0.15) is 12.5 Å². The van der Waals surface area contributed by atoms with Crippen LogP contribution >= 0.6 is 23.2 Å². The first-order valence-electron chi connectivity index (χ1n) is 4.30.